The van der Waals surface area contributed by atoms with Crippen LogP contribution in [0, 0.1) is 6.92 Å². The molecular weight excluding hydrogens is 352 g/mol. The van der Waals surface area contributed by atoms with Gasteiger partial charge in [0.25, 0.3) is 0 Å². The van der Waals surface area contributed by atoms with Gasteiger partial charge >= 0.3 is 0 Å². The molecule has 0 spiro atoms. The minimum atomic E-state index is -0.0336. The van der Waals surface area contributed by atoms with Crippen molar-refractivity contribution in [1.82, 2.24) is 9.36 Å². The van der Waals surface area contributed by atoms with E-state index in [1.54, 1.807) is 24.3 Å². The Kier molecular flexibility index (Phi) is 5.49. The Morgan fingerprint density at radius 2 is 1.71 bits per heavy atom. The average Bonchev–Trinajstić information content (AvgIpc) is 2.88. The highest BCUT2D eigenvalue weighted by molar-refractivity contribution is 5.88. The Morgan fingerprint density at radius 3 is 2.36 bits per heavy atom. The van der Waals surface area contributed by atoms with Crippen LogP contribution in [0.3, 0.4) is 0 Å². The molecule has 6 nitrogen and oxygen atoms in total. The van der Waals surface area contributed by atoms with E-state index in [-0.39, 0.29) is 11.5 Å². The minimum Gasteiger partial charge on any atom is -0.506 e. The fourth-order valence-corrected chi connectivity index (χ4v) is 3.05. The Morgan fingerprint density at radius 1 is 1.07 bits per heavy atom. The van der Waals surface area contributed by atoms with Crippen LogP contribution in [0.15, 0.2) is 71.4 Å². The zero-order valence-electron chi connectivity index (χ0n) is 16.5. The Bertz CT molecular complexity index is 1110. The molecule has 3 rings (SSSR count). The largest absolute Gasteiger partial charge is 0.506 e. The van der Waals surface area contributed by atoms with Crippen molar-refractivity contribution in [3.63, 3.8) is 0 Å². The number of carbonyl (C=O) groups is 1. The molecule has 1 aromatic heterocycles. The Labute approximate surface area is 164 Å². The molecule has 28 heavy (non-hydrogen) atoms. The van der Waals surface area contributed by atoms with Gasteiger partial charge in [0.15, 0.2) is 11.3 Å². The van der Waals surface area contributed by atoms with E-state index in [0.29, 0.717) is 11.2 Å². The van der Waals surface area contributed by atoms with Crippen LogP contribution in [0.4, 0.5) is 11.4 Å². The lowest BCUT2D eigenvalue weighted by molar-refractivity contribution is -0.112. The monoisotopic (exact) mass is 376 g/mol. The lowest BCUT2D eigenvalue weighted by Gasteiger charge is -2.09. The van der Waals surface area contributed by atoms with E-state index < -0.39 is 0 Å². The fraction of sp³-hybridized carbons (Fsp3) is 0.182. The molecule has 0 bridgehead atoms. The smallest absolute Gasteiger partial charge is 0.178 e. The van der Waals surface area contributed by atoms with Crippen LogP contribution in [0.5, 0.6) is 5.75 Å². The number of benzene rings is 2. The first-order valence-corrected chi connectivity index (χ1v) is 9.01. The quantitative estimate of drug-likeness (QED) is 0.662. The third kappa shape index (κ3) is 3.91. The van der Waals surface area contributed by atoms with E-state index in [1.807, 2.05) is 66.7 Å². The number of nitrogens with one attached hydrogen (secondary N) is 1. The summed E-state index contributed by atoms with van der Waals surface area (Å²) in [6.45, 7) is 5.33. The van der Waals surface area contributed by atoms with E-state index >= 15 is 0 Å². The molecule has 2 N–H and O–H groups in total. The Hall–Kier alpha value is -3.54. The van der Waals surface area contributed by atoms with Crippen molar-refractivity contribution >= 4 is 17.2 Å². The van der Waals surface area contributed by atoms with Crippen molar-refractivity contribution in [2.45, 2.75) is 20.8 Å². The van der Waals surface area contributed by atoms with E-state index in [1.165, 1.54) is 6.92 Å². The maximum Gasteiger partial charge on any atom is 0.178 e. The number of phenols is 1. The summed E-state index contributed by atoms with van der Waals surface area (Å²) in [5.41, 5.74) is 4.45. The van der Waals surface area contributed by atoms with Crippen LogP contribution in [-0.2, 0) is 11.8 Å². The first-order chi connectivity index (χ1) is 13.4. The van der Waals surface area contributed by atoms with Crippen molar-refractivity contribution in [2.24, 2.45) is 12.0 Å². The van der Waals surface area contributed by atoms with E-state index in [0.717, 1.165) is 22.8 Å². The zero-order chi connectivity index (χ0) is 20.3. The van der Waals surface area contributed by atoms with E-state index in [2.05, 4.69) is 5.32 Å². The van der Waals surface area contributed by atoms with Crippen LogP contribution >= 0.6 is 0 Å². The van der Waals surface area contributed by atoms with Gasteiger partial charge in [-0.1, -0.05) is 30.3 Å². The third-order valence-electron chi connectivity index (χ3n) is 4.42. The summed E-state index contributed by atoms with van der Waals surface area (Å²) >= 11 is 0. The second-order valence-electron chi connectivity index (χ2n) is 6.62. The lowest BCUT2D eigenvalue weighted by Crippen LogP contribution is -2.22. The predicted molar refractivity (Wildman–Crippen MR) is 111 cm³/mol. The molecule has 0 fully saturated rings. The number of phenolic OH excluding ortho intramolecular Hbond substituents is 1. The molecule has 0 saturated heterocycles. The number of rotatable bonds is 5. The maximum atomic E-state index is 11.5. The first kappa shape index (κ1) is 19.2. The summed E-state index contributed by atoms with van der Waals surface area (Å²) in [5, 5.41) is 13.5. The predicted octanol–water partition coefficient (Wildman–Crippen LogP) is 3.97. The van der Waals surface area contributed by atoms with Crippen molar-refractivity contribution in [3.05, 3.63) is 77.6 Å². The number of hydrogen-bond donors (Lipinski definition) is 2. The fourth-order valence-electron chi connectivity index (χ4n) is 3.05. The molecule has 1 heterocycles. The van der Waals surface area contributed by atoms with Crippen LogP contribution < -0.4 is 10.8 Å². The number of aromatic hydroxyl groups is 1. The van der Waals surface area contributed by atoms with Crippen LogP contribution in [-0.4, -0.2) is 20.3 Å². The van der Waals surface area contributed by atoms with Gasteiger partial charge in [0.05, 0.1) is 11.4 Å². The van der Waals surface area contributed by atoms with Gasteiger partial charge in [0.1, 0.15) is 17.1 Å². The second-order valence-corrected chi connectivity index (χ2v) is 6.62. The number of para-hydroxylation sites is 3. The lowest BCUT2D eigenvalue weighted by atomic mass is 10.3. The topological polar surface area (TPSA) is 71.5 Å². The SMILES string of the molecule is CC(=O)/C=C(/C)Nc1c(C)n(C)n(-c2ccccc2)c1=Nc1ccccc1O. The number of nitrogens with zero attached hydrogens (tertiary/aromatic N) is 3. The number of anilines is 1. The van der Waals surface area contributed by atoms with Crippen LogP contribution in [0.2, 0.25) is 0 Å². The third-order valence-corrected chi connectivity index (χ3v) is 4.42. The van der Waals surface area contributed by atoms with Gasteiger partial charge in [0, 0.05) is 12.7 Å². The van der Waals surface area contributed by atoms with Crippen molar-refractivity contribution < 1.29 is 9.90 Å². The van der Waals surface area contributed by atoms with Gasteiger partial charge in [-0.25, -0.2) is 9.67 Å². The Balaban J connectivity index is 2.31. The standard InChI is InChI=1S/C22H24N4O2/c1-15(14-16(2)27)23-21-17(3)25(4)26(18-10-6-5-7-11-18)22(21)24-19-12-8-9-13-20(19)28/h5-14,23,28H,1-4H3/b15-14-,24-22?. The highest BCUT2D eigenvalue weighted by atomic mass is 16.3. The molecule has 0 atom stereocenters. The molecule has 0 aliphatic heterocycles. The molecule has 0 radical (unpaired) electrons. The molecule has 144 valence electrons. The van der Waals surface area contributed by atoms with Gasteiger partial charge in [-0.2, -0.15) is 0 Å². The molecule has 0 unspecified atom stereocenters. The van der Waals surface area contributed by atoms with Gasteiger partial charge < -0.3 is 10.4 Å². The minimum absolute atomic E-state index is 0.0336. The number of hydrogen-bond acceptors (Lipinski definition) is 4. The molecule has 2 aromatic carbocycles. The summed E-state index contributed by atoms with van der Waals surface area (Å²) in [4.78, 5) is 16.2. The van der Waals surface area contributed by atoms with Crippen molar-refractivity contribution in [1.29, 1.82) is 0 Å². The molecule has 0 aliphatic rings. The van der Waals surface area contributed by atoms with Crippen molar-refractivity contribution in [3.8, 4) is 11.4 Å². The molecule has 6 heteroatoms. The highest BCUT2D eigenvalue weighted by Crippen LogP contribution is 2.25. The summed E-state index contributed by atoms with van der Waals surface area (Å²) < 4.78 is 3.95. The van der Waals surface area contributed by atoms with Gasteiger partial charge in [-0.3, -0.25) is 9.48 Å². The summed E-state index contributed by atoms with van der Waals surface area (Å²) in [6.07, 6.45) is 1.54. The number of carbonyl (C=O) groups excluding carboxylic acids is 1. The first-order valence-electron chi connectivity index (χ1n) is 9.01. The summed E-state index contributed by atoms with van der Waals surface area (Å²) in [7, 11) is 1.95. The molecule has 0 amide bonds. The molecule has 3 aromatic rings. The zero-order valence-corrected chi connectivity index (χ0v) is 16.5. The van der Waals surface area contributed by atoms with Gasteiger partial charge in [-0.15, -0.1) is 0 Å². The second kappa shape index (κ2) is 8.00. The molecule has 0 saturated carbocycles. The molecule has 0 aliphatic carbocycles. The van der Waals surface area contributed by atoms with Crippen LogP contribution in [0.1, 0.15) is 19.5 Å². The maximum absolute atomic E-state index is 11.5. The number of aromatic nitrogens is 2. The van der Waals surface area contributed by atoms with Crippen LogP contribution in [0.25, 0.3) is 5.69 Å². The van der Waals surface area contributed by atoms with Crippen molar-refractivity contribution in [2.75, 3.05) is 5.32 Å². The number of ketones is 1. The average molecular weight is 376 g/mol. The van der Waals surface area contributed by atoms with E-state index in [9.17, 15) is 9.90 Å². The summed E-state index contributed by atoms with van der Waals surface area (Å²) in [5.74, 6) is 0.0688. The number of allylic oxidation sites excluding steroid dienone is 2. The van der Waals surface area contributed by atoms with Gasteiger partial charge in [0.2, 0.25) is 0 Å². The highest BCUT2D eigenvalue weighted by Gasteiger charge is 2.15. The normalized spacial score (nSPS) is 12.3. The van der Waals surface area contributed by atoms with Gasteiger partial charge in [-0.05, 0) is 51.1 Å². The molecular formula is C22H24N4O2. The summed E-state index contributed by atoms with van der Waals surface area (Å²) in [6, 6.07) is 16.8. The van der Waals surface area contributed by atoms with E-state index in [4.69, 9.17) is 4.99 Å².